The lowest BCUT2D eigenvalue weighted by Crippen LogP contribution is -2.29. The number of hydrogen-bond donors (Lipinski definition) is 0. The number of carbonyl (C=O) groups is 1. The Bertz CT molecular complexity index is 286. The van der Waals surface area contributed by atoms with Gasteiger partial charge >= 0.3 is 0 Å². The molecular formula is C11H15NO. The summed E-state index contributed by atoms with van der Waals surface area (Å²) in [7, 11) is 1.79. The number of carbonyl (C=O) groups excluding carboxylic acids is 1. The van der Waals surface area contributed by atoms with Crippen LogP contribution < -0.4 is 0 Å². The molecule has 1 heterocycles. The zero-order valence-electron chi connectivity index (χ0n) is 8.21. The van der Waals surface area contributed by atoms with E-state index in [4.69, 9.17) is 0 Å². The van der Waals surface area contributed by atoms with Gasteiger partial charge in [-0.15, -0.1) is 0 Å². The summed E-state index contributed by atoms with van der Waals surface area (Å²) in [5.41, 5.74) is 2.13. The molecule has 0 spiro atoms. The first-order valence-corrected chi connectivity index (χ1v) is 4.45. The van der Waals surface area contributed by atoms with Crippen molar-refractivity contribution in [2.75, 3.05) is 7.05 Å². The minimum Gasteiger partial charge on any atom is -0.315 e. The fraction of sp³-hybridized carbons (Fsp3) is 0.364. The standard InChI is InChI=1S/C11H15NO/c1-4-6-9-7-8-11(13)12(3)10(9)5-2/h4-6H,2,7-8H2,1,3H3/b6-4-. The molecule has 0 atom stereocenters. The predicted molar refractivity (Wildman–Crippen MR) is 54.0 cm³/mol. The van der Waals surface area contributed by atoms with E-state index in [9.17, 15) is 4.79 Å². The second kappa shape index (κ2) is 4.08. The minimum absolute atomic E-state index is 0.170. The third kappa shape index (κ3) is 1.89. The second-order valence-corrected chi connectivity index (χ2v) is 3.07. The second-order valence-electron chi connectivity index (χ2n) is 3.07. The fourth-order valence-electron chi connectivity index (χ4n) is 1.53. The van der Waals surface area contributed by atoms with E-state index in [2.05, 4.69) is 6.58 Å². The minimum atomic E-state index is 0.170. The van der Waals surface area contributed by atoms with Gasteiger partial charge in [-0.2, -0.15) is 0 Å². The van der Waals surface area contributed by atoms with Crippen molar-refractivity contribution in [3.63, 3.8) is 0 Å². The third-order valence-corrected chi connectivity index (χ3v) is 2.23. The molecule has 0 saturated carbocycles. The van der Waals surface area contributed by atoms with Crippen molar-refractivity contribution in [1.82, 2.24) is 4.90 Å². The molecule has 1 aliphatic rings. The zero-order valence-corrected chi connectivity index (χ0v) is 8.21. The zero-order chi connectivity index (χ0) is 9.84. The van der Waals surface area contributed by atoms with Gasteiger partial charge in [0, 0.05) is 19.2 Å². The average molecular weight is 177 g/mol. The Morgan fingerprint density at radius 1 is 1.46 bits per heavy atom. The fourth-order valence-corrected chi connectivity index (χ4v) is 1.53. The van der Waals surface area contributed by atoms with Gasteiger partial charge < -0.3 is 4.90 Å². The molecular weight excluding hydrogens is 162 g/mol. The van der Waals surface area contributed by atoms with Gasteiger partial charge in [0.2, 0.25) is 5.91 Å². The largest absolute Gasteiger partial charge is 0.315 e. The summed E-state index contributed by atoms with van der Waals surface area (Å²) in [4.78, 5) is 13.0. The Balaban J connectivity index is 3.05. The Kier molecular flexibility index (Phi) is 3.07. The Hall–Kier alpha value is -1.31. The first-order valence-electron chi connectivity index (χ1n) is 4.45. The molecule has 0 radical (unpaired) electrons. The SMILES string of the molecule is C=CC1=C(/C=C\C)CCC(=O)N1C. The van der Waals surface area contributed by atoms with Crippen molar-refractivity contribution in [2.45, 2.75) is 19.8 Å². The summed E-state index contributed by atoms with van der Waals surface area (Å²) in [6.07, 6.45) is 7.21. The van der Waals surface area contributed by atoms with Gasteiger partial charge in [0.15, 0.2) is 0 Å². The maximum atomic E-state index is 11.3. The van der Waals surface area contributed by atoms with E-state index in [1.54, 1.807) is 18.0 Å². The van der Waals surface area contributed by atoms with Crippen molar-refractivity contribution in [3.05, 3.63) is 36.1 Å². The summed E-state index contributed by atoms with van der Waals surface area (Å²) in [5.74, 6) is 0.170. The van der Waals surface area contributed by atoms with E-state index in [-0.39, 0.29) is 5.91 Å². The maximum absolute atomic E-state index is 11.3. The van der Waals surface area contributed by atoms with Gasteiger partial charge in [-0.3, -0.25) is 4.79 Å². The van der Waals surface area contributed by atoms with Crippen LogP contribution in [-0.4, -0.2) is 17.9 Å². The van der Waals surface area contributed by atoms with Crippen LogP contribution in [0.15, 0.2) is 36.1 Å². The lowest BCUT2D eigenvalue weighted by molar-refractivity contribution is -0.128. The lowest BCUT2D eigenvalue weighted by atomic mass is 10.0. The lowest BCUT2D eigenvalue weighted by Gasteiger charge is -2.25. The van der Waals surface area contributed by atoms with Crippen molar-refractivity contribution < 1.29 is 4.79 Å². The number of rotatable bonds is 2. The summed E-state index contributed by atoms with van der Waals surface area (Å²) in [6.45, 7) is 5.69. The summed E-state index contributed by atoms with van der Waals surface area (Å²) >= 11 is 0. The van der Waals surface area contributed by atoms with Crippen LogP contribution in [0.25, 0.3) is 0 Å². The van der Waals surface area contributed by atoms with Gasteiger partial charge in [0.05, 0.1) is 0 Å². The molecule has 2 heteroatoms. The molecule has 0 aromatic rings. The van der Waals surface area contributed by atoms with Gasteiger partial charge in [-0.1, -0.05) is 18.7 Å². The molecule has 0 aromatic heterocycles. The van der Waals surface area contributed by atoms with Crippen LogP contribution in [0.1, 0.15) is 19.8 Å². The molecule has 1 amide bonds. The topological polar surface area (TPSA) is 20.3 Å². The first-order chi connectivity index (χ1) is 6.20. The van der Waals surface area contributed by atoms with Crippen molar-refractivity contribution in [1.29, 1.82) is 0 Å². The van der Waals surface area contributed by atoms with E-state index >= 15 is 0 Å². The molecule has 70 valence electrons. The Morgan fingerprint density at radius 3 is 2.69 bits per heavy atom. The smallest absolute Gasteiger partial charge is 0.227 e. The maximum Gasteiger partial charge on any atom is 0.227 e. The molecule has 0 bridgehead atoms. The number of likely N-dealkylation sites (N-methyl/N-ethyl adjacent to an activating group) is 1. The van der Waals surface area contributed by atoms with E-state index in [0.717, 1.165) is 12.1 Å². The molecule has 0 saturated heterocycles. The van der Waals surface area contributed by atoms with Crippen molar-refractivity contribution in [3.8, 4) is 0 Å². The van der Waals surface area contributed by atoms with Gasteiger partial charge in [0.1, 0.15) is 0 Å². The van der Waals surface area contributed by atoms with Crippen LogP contribution in [0.5, 0.6) is 0 Å². The van der Waals surface area contributed by atoms with Crippen LogP contribution in [0.2, 0.25) is 0 Å². The monoisotopic (exact) mass is 177 g/mol. The molecule has 0 N–H and O–H groups in total. The first kappa shape index (κ1) is 9.78. The molecule has 2 nitrogen and oxygen atoms in total. The van der Waals surface area contributed by atoms with E-state index in [1.807, 2.05) is 19.1 Å². The van der Waals surface area contributed by atoms with E-state index < -0.39 is 0 Å². The molecule has 1 rings (SSSR count). The summed E-state index contributed by atoms with van der Waals surface area (Å²) in [6, 6.07) is 0. The Morgan fingerprint density at radius 2 is 2.15 bits per heavy atom. The van der Waals surface area contributed by atoms with Gasteiger partial charge in [0.25, 0.3) is 0 Å². The van der Waals surface area contributed by atoms with E-state index in [1.165, 1.54) is 5.57 Å². The number of nitrogens with zero attached hydrogens (tertiary/aromatic N) is 1. The molecule has 0 aliphatic carbocycles. The van der Waals surface area contributed by atoms with Crippen LogP contribution >= 0.6 is 0 Å². The van der Waals surface area contributed by atoms with Crippen LogP contribution in [0.3, 0.4) is 0 Å². The van der Waals surface area contributed by atoms with Gasteiger partial charge in [-0.25, -0.2) is 0 Å². The van der Waals surface area contributed by atoms with Gasteiger partial charge in [-0.05, 0) is 25.0 Å². The highest BCUT2D eigenvalue weighted by Gasteiger charge is 2.19. The van der Waals surface area contributed by atoms with Crippen LogP contribution in [0.4, 0.5) is 0 Å². The molecule has 0 unspecified atom stereocenters. The summed E-state index contributed by atoms with van der Waals surface area (Å²) in [5, 5.41) is 0. The Labute approximate surface area is 79.2 Å². The molecule has 1 aliphatic heterocycles. The highest BCUT2D eigenvalue weighted by Crippen LogP contribution is 2.23. The highest BCUT2D eigenvalue weighted by molar-refractivity contribution is 5.80. The quantitative estimate of drug-likeness (QED) is 0.633. The number of allylic oxidation sites excluding steroid dienone is 4. The van der Waals surface area contributed by atoms with Crippen molar-refractivity contribution in [2.24, 2.45) is 0 Å². The third-order valence-electron chi connectivity index (χ3n) is 2.23. The summed E-state index contributed by atoms with van der Waals surface area (Å²) < 4.78 is 0. The average Bonchev–Trinajstić information content (AvgIpc) is 2.12. The molecule has 0 fully saturated rings. The number of hydrogen-bond acceptors (Lipinski definition) is 1. The van der Waals surface area contributed by atoms with Crippen molar-refractivity contribution >= 4 is 5.91 Å². The molecule has 0 aromatic carbocycles. The van der Waals surface area contributed by atoms with Crippen LogP contribution in [-0.2, 0) is 4.79 Å². The predicted octanol–water partition coefficient (Wildman–Crippen LogP) is 2.25. The number of amides is 1. The van der Waals surface area contributed by atoms with E-state index in [0.29, 0.717) is 6.42 Å². The normalized spacial score (nSPS) is 18.6. The van der Waals surface area contributed by atoms with Crippen LogP contribution in [0, 0.1) is 0 Å². The highest BCUT2D eigenvalue weighted by atomic mass is 16.2. The molecule has 13 heavy (non-hydrogen) atoms.